The van der Waals surface area contributed by atoms with E-state index in [9.17, 15) is 23.6 Å². The van der Waals surface area contributed by atoms with Gasteiger partial charge < -0.3 is 10.1 Å². The minimum Gasteiger partial charge on any atom is -0.453 e. The Morgan fingerprint density at radius 3 is 2.30 bits per heavy atom. The highest BCUT2D eigenvalue weighted by molar-refractivity contribution is 6.09. The second-order valence-electron chi connectivity index (χ2n) is 7.32. The van der Waals surface area contributed by atoms with Crippen molar-refractivity contribution in [1.29, 1.82) is 0 Å². The van der Waals surface area contributed by atoms with Gasteiger partial charge in [0.15, 0.2) is 6.10 Å². The molecule has 1 fully saturated rings. The molecule has 0 radical (unpaired) electrons. The van der Waals surface area contributed by atoms with Gasteiger partial charge in [-0.15, -0.1) is 0 Å². The van der Waals surface area contributed by atoms with Gasteiger partial charge in [-0.2, -0.15) is 0 Å². The van der Waals surface area contributed by atoms with Crippen molar-refractivity contribution >= 4 is 23.7 Å². The molecule has 0 saturated carbocycles. The van der Waals surface area contributed by atoms with Crippen molar-refractivity contribution < 1.29 is 28.3 Å². The summed E-state index contributed by atoms with van der Waals surface area (Å²) in [5.41, 5.74) is 0.459. The highest BCUT2D eigenvalue weighted by Crippen LogP contribution is 2.29. The summed E-state index contributed by atoms with van der Waals surface area (Å²) in [6.45, 7) is 4.20. The maximum Gasteiger partial charge on any atom is 0.326 e. The molecule has 30 heavy (non-hydrogen) atoms. The van der Waals surface area contributed by atoms with Crippen LogP contribution in [0, 0.1) is 12.7 Å². The van der Waals surface area contributed by atoms with E-state index in [1.54, 1.807) is 19.1 Å². The molecule has 2 aromatic carbocycles. The first-order valence-electron chi connectivity index (χ1n) is 9.32. The van der Waals surface area contributed by atoms with E-state index in [-0.39, 0.29) is 5.56 Å². The number of carbonyl (C=O) groups excluding carboxylic acids is 4. The number of Topliss-reactive ketones (excluding diaryl/α,β-unsaturated/α-hetero) is 1. The zero-order chi connectivity index (χ0) is 22.1. The number of ether oxygens (including phenoxy) is 1. The molecule has 0 unspecified atom stereocenters. The van der Waals surface area contributed by atoms with E-state index < -0.39 is 47.7 Å². The molecule has 1 aliphatic rings. The Hall–Kier alpha value is -3.55. The van der Waals surface area contributed by atoms with Crippen molar-refractivity contribution in [3.05, 3.63) is 71.0 Å². The summed E-state index contributed by atoms with van der Waals surface area (Å²) in [7, 11) is 0. The third kappa shape index (κ3) is 4.07. The Bertz CT molecular complexity index is 1000. The summed E-state index contributed by atoms with van der Waals surface area (Å²) in [4.78, 5) is 50.5. The lowest BCUT2D eigenvalue weighted by atomic mass is 9.91. The lowest BCUT2D eigenvalue weighted by Crippen LogP contribution is -2.42. The maximum absolute atomic E-state index is 13.0. The number of urea groups is 1. The molecule has 0 aromatic heterocycles. The number of carbonyl (C=O) groups is 4. The Morgan fingerprint density at radius 2 is 1.70 bits per heavy atom. The molecule has 1 saturated heterocycles. The molecule has 2 aromatic rings. The molecule has 1 N–H and O–H groups in total. The molecule has 0 spiro atoms. The number of halogens is 1. The first-order chi connectivity index (χ1) is 14.1. The van der Waals surface area contributed by atoms with E-state index in [1.807, 2.05) is 19.1 Å². The van der Waals surface area contributed by atoms with Gasteiger partial charge >= 0.3 is 12.0 Å². The van der Waals surface area contributed by atoms with Crippen LogP contribution in [0.5, 0.6) is 0 Å². The number of hydrogen-bond donors (Lipinski definition) is 1. The number of rotatable bonds is 6. The molecule has 1 aliphatic heterocycles. The van der Waals surface area contributed by atoms with Crippen LogP contribution in [0.1, 0.15) is 35.3 Å². The fraction of sp³-hybridized carbons (Fsp3) is 0.273. The van der Waals surface area contributed by atoms with E-state index in [0.29, 0.717) is 5.56 Å². The average Bonchev–Trinajstić information content (AvgIpc) is 2.92. The van der Waals surface area contributed by atoms with Crippen molar-refractivity contribution in [2.24, 2.45) is 0 Å². The van der Waals surface area contributed by atoms with Crippen molar-refractivity contribution in [1.82, 2.24) is 10.2 Å². The van der Waals surface area contributed by atoms with Crippen LogP contribution in [0.4, 0.5) is 9.18 Å². The number of nitrogens with one attached hydrogen (secondary N) is 1. The monoisotopic (exact) mass is 412 g/mol. The van der Waals surface area contributed by atoms with E-state index in [1.165, 1.54) is 19.1 Å². The number of aryl methyl sites for hydroxylation is 1. The minimum atomic E-state index is -1.30. The first-order valence-corrected chi connectivity index (χ1v) is 9.32. The fourth-order valence-electron chi connectivity index (χ4n) is 3.19. The quantitative estimate of drug-likeness (QED) is 0.447. The number of nitrogens with zero attached hydrogens (tertiary/aromatic N) is 1. The normalized spacial score (nSPS) is 19.4. The van der Waals surface area contributed by atoms with Crippen LogP contribution < -0.4 is 5.32 Å². The number of ketones is 1. The lowest BCUT2D eigenvalue weighted by molar-refractivity contribution is -0.149. The van der Waals surface area contributed by atoms with Gasteiger partial charge in [0.25, 0.3) is 5.91 Å². The maximum atomic E-state index is 13.0. The summed E-state index contributed by atoms with van der Waals surface area (Å²) < 4.78 is 18.1. The van der Waals surface area contributed by atoms with E-state index in [2.05, 4.69) is 5.32 Å². The number of imide groups is 1. The smallest absolute Gasteiger partial charge is 0.326 e. The van der Waals surface area contributed by atoms with E-state index in [4.69, 9.17) is 4.74 Å². The third-order valence-corrected chi connectivity index (χ3v) is 5.00. The van der Waals surface area contributed by atoms with Gasteiger partial charge in [0.2, 0.25) is 5.78 Å². The third-order valence-electron chi connectivity index (χ3n) is 5.00. The SMILES string of the molecule is Cc1ccc([C@]2(C)NC(=O)N(CC(=O)O[C@H](C)C(=O)c3ccc(F)cc3)C2=O)cc1. The van der Waals surface area contributed by atoms with Crippen LogP contribution in [-0.2, 0) is 19.9 Å². The Kier molecular flexibility index (Phi) is 5.69. The molecule has 0 bridgehead atoms. The summed E-state index contributed by atoms with van der Waals surface area (Å²) in [6.07, 6.45) is -1.16. The summed E-state index contributed by atoms with van der Waals surface area (Å²) >= 11 is 0. The van der Waals surface area contributed by atoms with Crippen LogP contribution in [0.3, 0.4) is 0 Å². The van der Waals surface area contributed by atoms with E-state index >= 15 is 0 Å². The molecule has 0 aliphatic carbocycles. The van der Waals surface area contributed by atoms with Gasteiger partial charge in [-0.25, -0.2) is 9.18 Å². The molecule has 156 valence electrons. The van der Waals surface area contributed by atoms with Gasteiger partial charge in [0, 0.05) is 5.56 Å². The number of benzene rings is 2. The van der Waals surface area contributed by atoms with Crippen molar-refractivity contribution in [3.8, 4) is 0 Å². The molecule has 7 nitrogen and oxygen atoms in total. The second-order valence-corrected chi connectivity index (χ2v) is 7.32. The highest BCUT2D eigenvalue weighted by Gasteiger charge is 2.49. The second kappa shape index (κ2) is 8.06. The molecule has 1 heterocycles. The first kappa shape index (κ1) is 21.2. The molecular formula is C22H21FN2O5. The van der Waals surface area contributed by atoms with Gasteiger partial charge in [-0.1, -0.05) is 29.8 Å². The summed E-state index contributed by atoms with van der Waals surface area (Å²) in [5.74, 6) is -2.52. The lowest BCUT2D eigenvalue weighted by Gasteiger charge is -2.22. The van der Waals surface area contributed by atoms with Crippen molar-refractivity contribution in [3.63, 3.8) is 0 Å². The molecule has 3 rings (SSSR count). The van der Waals surface area contributed by atoms with Crippen LogP contribution >= 0.6 is 0 Å². The van der Waals surface area contributed by atoms with E-state index in [0.717, 1.165) is 22.6 Å². The van der Waals surface area contributed by atoms with Gasteiger partial charge in [-0.05, 0) is 50.6 Å². The predicted molar refractivity (Wildman–Crippen MR) is 105 cm³/mol. The van der Waals surface area contributed by atoms with Crippen molar-refractivity contribution in [2.75, 3.05) is 6.54 Å². The Labute approximate surface area is 172 Å². The van der Waals surface area contributed by atoms with Crippen LogP contribution in [-0.4, -0.2) is 41.2 Å². The van der Waals surface area contributed by atoms with Gasteiger partial charge in [-0.3, -0.25) is 19.3 Å². The molecule has 8 heteroatoms. The molecule has 2 atom stereocenters. The Balaban J connectivity index is 1.66. The van der Waals surface area contributed by atoms with Crippen LogP contribution in [0.2, 0.25) is 0 Å². The topological polar surface area (TPSA) is 92.8 Å². The predicted octanol–water partition coefficient (Wildman–Crippen LogP) is 2.72. The number of amides is 3. The average molecular weight is 412 g/mol. The van der Waals surface area contributed by atoms with Crippen molar-refractivity contribution in [2.45, 2.75) is 32.4 Å². The zero-order valence-corrected chi connectivity index (χ0v) is 16.8. The fourth-order valence-corrected chi connectivity index (χ4v) is 3.19. The summed E-state index contributed by atoms with van der Waals surface area (Å²) in [6, 6.07) is 11.2. The standard InChI is InChI=1S/C22H21FN2O5/c1-13-4-8-16(9-5-13)22(3)20(28)25(21(29)24-22)12-18(26)30-14(2)19(27)15-6-10-17(23)11-7-15/h4-11,14H,12H2,1-3H3,(H,24,29)/t14-,22+/m1/s1. The summed E-state index contributed by atoms with van der Waals surface area (Å²) in [5, 5.41) is 2.61. The zero-order valence-electron chi connectivity index (χ0n) is 16.8. The molecular weight excluding hydrogens is 391 g/mol. The van der Waals surface area contributed by atoms with Crippen LogP contribution in [0.15, 0.2) is 48.5 Å². The van der Waals surface area contributed by atoms with Crippen LogP contribution in [0.25, 0.3) is 0 Å². The minimum absolute atomic E-state index is 0.179. The largest absolute Gasteiger partial charge is 0.453 e. The van der Waals surface area contributed by atoms with Gasteiger partial charge in [0.05, 0.1) is 0 Å². The molecule has 3 amide bonds. The Morgan fingerprint density at radius 1 is 1.10 bits per heavy atom. The highest BCUT2D eigenvalue weighted by atomic mass is 19.1. The number of esters is 1. The van der Waals surface area contributed by atoms with Gasteiger partial charge in [0.1, 0.15) is 17.9 Å². The number of hydrogen-bond acceptors (Lipinski definition) is 5.